The van der Waals surface area contributed by atoms with Crippen LogP contribution in [0.15, 0.2) is 0 Å². The summed E-state index contributed by atoms with van der Waals surface area (Å²) in [5.74, 6) is 0.304. The zero-order valence-corrected chi connectivity index (χ0v) is 11.0. The molecular weight excluding hydrogens is 202 g/mol. The third kappa shape index (κ3) is 3.76. The van der Waals surface area contributed by atoms with Crippen molar-refractivity contribution in [2.24, 2.45) is 5.41 Å². The van der Waals surface area contributed by atoms with Gasteiger partial charge in [0.25, 0.3) is 0 Å². The summed E-state index contributed by atoms with van der Waals surface area (Å²) >= 11 is 0. The fraction of sp³-hybridized carbons (Fsp3) is 0.917. The maximum Gasteiger partial charge on any atom is 0.222 e. The van der Waals surface area contributed by atoms with Crippen LogP contribution in [-0.4, -0.2) is 37.0 Å². The van der Waals surface area contributed by atoms with Crippen LogP contribution in [0.2, 0.25) is 0 Å². The van der Waals surface area contributed by atoms with Crippen molar-refractivity contribution >= 4 is 5.91 Å². The van der Waals surface area contributed by atoms with Crippen molar-refractivity contribution in [3.8, 4) is 0 Å². The number of hydrazine groups is 1. The van der Waals surface area contributed by atoms with Gasteiger partial charge in [-0.2, -0.15) is 0 Å². The highest BCUT2D eigenvalue weighted by Crippen LogP contribution is 2.21. The van der Waals surface area contributed by atoms with E-state index >= 15 is 0 Å². The summed E-state index contributed by atoms with van der Waals surface area (Å²) in [7, 11) is 1.87. The molecule has 0 saturated carbocycles. The second-order valence-corrected chi connectivity index (χ2v) is 5.61. The predicted molar refractivity (Wildman–Crippen MR) is 65.9 cm³/mol. The zero-order valence-electron chi connectivity index (χ0n) is 11.0. The molecule has 16 heavy (non-hydrogen) atoms. The molecule has 1 heterocycles. The highest BCUT2D eigenvalue weighted by molar-refractivity contribution is 5.76. The molecule has 0 aliphatic carbocycles. The van der Waals surface area contributed by atoms with Gasteiger partial charge in [0.05, 0.1) is 0 Å². The van der Waals surface area contributed by atoms with Crippen molar-refractivity contribution in [1.29, 1.82) is 0 Å². The molecule has 1 saturated heterocycles. The van der Waals surface area contributed by atoms with Crippen LogP contribution in [0.4, 0.5) is 0 Å². The molecule has 0 radical (unpaired) electrons. The van der Waals surface area contributed by atoms with Gasteiger partial charge in [-0.25, -0.2) is 0 Å². The van der Waals surface area contributed by atoms with E-state index in [-0.39, 0.29) is 11.5 Å². The fourth-order valence-electron chi connectivity index (χ4n) is 1.99. The topological polar surface area (TPSA) is 44.4 Å². The van der Waals surface area contributed by atoms with Gasteiger partial charge in [0, 0.05) is 25.6 Å². The Morgan fingerprint density at radius 2 is 2.06 bits per heavy atom. The summed E-state index contributed by atoms with van der Waals surface area (Å²) in [6.07, 6.45) is 2.91. The van der Waals surface area contributed by atoms with Gasteiger partial charge in [-0.15, -0.1) is 0 Å². The molecular formula is C12H25N3O. The minimum atomic E-state index is 0.140. The van der Waals surface area contributed by atoms with Crippen molar-refractivity contribution in [2.45, 2.75) is 46.1 Å². The molecule has 1 aliphatic rings. The van der Waals surface area contributed by atoms with Gasteiger partial charge in [0.15, 0.2) is 0 Å². The summed E-state index contributed by atoms with van der Waals surface area (Å²) in [6.45, 7) is 8.28. The van der Waals surface area contributed by atoms with Crippen LogP contribution in [0.5, 0.6) is 0 Å². The Bertz CT molecular complexity index is 235. The van der Waals surface area contributed by atoms with E-state index in [4.69, 9.17) is 0 Å². The van der Waals surface area contributed by atoms with Crippen molar-refractivity contribution in [3.05, 3.63) is 0 Å². The number of amides is 1. The number of rotatable bonds is 4. The summed E-state index contributed by atoms with van der Waals surface area (Å²) < 4.78 is 0. The lowest BCUT2D eigenvalue weighted by molar-refractivity contribution is -0.134. The predicted octanol–water partition coefficient (Wildman–Crippen LogP) is 1.14. The van der Waals surface area contributed by atoms with E-state index in [0.717, 1.165) is 32.4 Å². The molecule has 1 atom stereocenters. The molecule has 1 fully saturated rings. The summed E-state index contributed by atoms with van der Waals surface area (Å²) in [5.41, 5.74) is 6.38. The SMILES string of the molecule is CNN[C@H](CN1CCCCC1=O)C(C)(C)C. The van der Waals surface area contributed by atoms with E-state index < -0.39 is 0 Å². The standard InChI is InChI=1S/C12H25N3O/c1-12(2,3)10(14-13-4)9-15-8-6-5-7-11(15)16/h10,13-14H,5-9H2,1-4H3/t10-/m1/s1. The Morgan fingerprint density at radius 1 is 1.38 bits per heavy atom. The number of hydrogen-bond donors (Lipinski definition) is 2. The van der Waals surface area contributed by atoms with Crippen molar-refractivity contribution in [2.75, 3.05) is 20.1 Å². The third-order valence-electron chi connectivity index (χ3n) is 3.19. The van der Waals surface area contributed by atoms with Gasteiger partial charge in [-0.3, -0.25) is 15.6 Å². The Labute approximate surface area is 98.7 Å². The molecule has 0 unspecified atom stereocenters. The largest absolute Gasteiger partial charge is 0.341 e. The van der Waals surface area contributed by atoms with Crippen LogP contribution in [0.1, 0.15) is 40.0 Å². The number of nitrogens with zero attached hydrogens (tertiary/aromatic N) is 1. The van der Waals surface area contributed by atoms with Crippen LogP contribution in [0.25, 0.3) is 0 Å². The van der Waals surface area contributed by atoms with E-state index in [1.807, 2.05) is 11.9 Å². The lowest BCUT2D eigenvalue weighted by Crippen LogP contribution is -2.54. The minimum Gasteiger partial charge on any atom is -0.341 e. The highest BCUT2D eigenvalue weighted by atomic mass is 16.2. The number of nitrogens with one attached hydrogen (secondary N) is 2. The van der Waals surface area contributed by atoms with Gasteiger partial charge in [0.2, 0.25) is 5.91 Å². The molecule has 0 spiro atoms. The van der Waals surface area contributed by atoms with E-state index in [1.165, 1.54) is 0 Å². The van der Waals surface area contributed by atoms with Gasteiger partial charge in [-0.1, -0.05) is 20.8 Å². The van der Waals surface area contributed by atoms with Crippen LogP contribution in [0.3, 0.4) is 0 Å². The maximum absolute atomic E-state index is 11.7. The van der Waals surface area contributed by atoms with Gasteiger partial charge < -0.3 is 4.90 Å². The van der Waals surface area contributed by atoms with Crippen molar-refractivity contribution in [3.63, 3.8) is 0 Å². The lowest BCUT2D eigenvalue weighted by atomic mass is 9.86. The summed E-state index contributed by atoms with van der Waals surface area (Å²) in [4.78, 5) is 13.7. The van der Waals surface area contributed by atoms with E-state index in [2.05, 4.69) is 31.6 Å². The Kier molecular flexibility index (Phi) is 4.74. The van der Waals surface area contributed by atoms with E-state index in [1.54, 1.807) is 0 Å². The smallest absolute Gasteiger partial charge is 0.222 e. The molecule has 4 heteroatoms. The van der Waals surface area contributed by atoms with Gasteiger partial charge in [0.1, 0.15) is 0 Å². The Morgan fingerprint density at radius 3 is 2.56 bits per heavy atom. The first kappa shape index (κ1) is 13.5. The quantitative estimate of drug-likeness (QED) is 0.708. The monoisotopic (exact) mass is 227 g/mol. The Balaban J connectivity index is 2.56. The lowest BCUT2D eigenvalue weighted by Gasteiger charge is -2.37. The molecule has 1 amide bonds. The Hall–Kier alpha value is -0.610. The normalized spacial score (nSPS) is 20.0. The first-order valence-electron chi connectivity index (χ1n) is 6.15. The second-order valence-electron chi connectivity index (χ2n) is 5.61. The highest BCUT2D eigenvalue weighted by Gasteiger charge is 2.28. The second kappa shape index (κ2) is 5.64. The molecule has 0 aromatic heterocycles. The molecule has 4 nitrogen and oxygen atoms in total. The average molecular weight is 227 g/mol. The average Bonchev–Trinajstić information content (AvgIpc) is 2.19. The van der Waals surface area contributed by atoms with Gasteiger partial charge in [-0.05, 0) is 25.3 Å². The van der Waals surface area contributed by atoms with Crippen LogP contribution in [0, 0.1) is 5.41 Å². The first-order valence-corrected chi connectivity index (χ1v) is 6.15. The van der Waals surface area contributed by atoms with E-state index in [0.29, 0.717) is 5.91 Å². The van der Waals surface area contributed by atoms with Gasteiger partial charge >= 0.3 is 0 Å². The fourth-order valence-corrected chi connectivity index (χ4v) is 1.99. The number of carbonyl (C=O) groups excluding carboxylic acids is 1. The third-order valence-corrected chi connectivity index (χ3v) is 3.19. The number of hydrogen-bond acceptors (Lipinski definition) is 3. The van der Waals surface area contributed by atoms with Crippen molar-refractivity contribution < 1.29 is 4.79 Å². The molecule has 94 valence electrons. The minimum absolute atomic E-state index is 0.140. The molecule has 0 bridgehead atoms. The summed E-state index contributed by atoms with van der Waals surface area (Å²) in [6, 6.07) is 0.277. The summed E-state index contributed by atoms with van der Waals surface area (Å²) in [5, 5.41) is 0. The van der Waals surface area contributed by atoms with E-state index in [9.17, 15) is 4.79 Å². The number of carbonyl (C=O) groups is 1. The van der Waals surface area contributed by atoms with Crippen LogP contribution >= 0.6 is 0 Å². The number of likely N-dealkylation sites (tertiary alicyclic amines) is 1. The molecule has 0 aromatic carbocycles. The van der Waals surface area contributed by atoms with Crippen molar-refractivity contribution in [1.82, 2.24) is 15.8 Å². The first-order chi connectivity index (χ1) is 7.45. The molecule has 2 N–H and O–H groups in total. The zero-order chi connectivity index (χ0) is 12.2. The molecule has 0 aromatic rings. The molecule has 1 aliphatic heterocycles. The van der Waals surface area contributed by atoms with Crippen LogP contribution < -0.4 is 10.9 Å². The van der Waals surface area contributed by atoms with Crippen LogP contribution in [-0.2, 0) is 4.79 Å². The molecule has 1 rings (SSSR count). The number of piperidine rings is 1. The maximum atomic E-state index is 11.7.